The minimum atomic E-state index is -1.80. The lowest BCUT2D eigenvalue weighted by atomic mass is 9.97. The number of hydrogen-bond donors (Lipinski definition) is 9. The fraction of sp³-hybridized carbons (Fsp3) is 0.667. The molecule has 2 fully saturated rings. The maximum absolute atomic E-state index is 13.2. The highest BCUT2D eigenvalue weighted by molar-refractivity contribution is 5.76. The maximum Gasteiger partial charge on any atom is 0.220 e. The van der Waals surface area contributed by atoms with E-state index in [1.54, 1.807) is 6.08 Å². The summed E-state index contributed by atoms with van der Waals surface area (Å²) in [6.07, 6.45) is 51.3. The third-order valence-corrected chi connectivity index (χ3v) is 13.4. The van der Waals surface area contributed by atoms with Gasteiger partial charge in [-0.05, 0) is 96.3 Å². The third kappa shape index (κ3) is 32.9. The van der Waals surface area contributed by atoms with Crippen molar-refractivity contribution in [2.45, 2.75) is 248 Å². The lowest BCUT2D eigenvalue weighted by molar-refractivity contribution is -0.359. The van der Waals surface area contributed by atoms with Crippen molar-refractivity contribution in [1.29, 1.82) is 0 Å². The second kappa shape index (κ2) is 47.2. The Kier molecular flexibility index (Phi) is 42.6. The van der Waals surface area contributed by atoms with E-state index >= 15 is 0 Å². The van der Waals surface area contributed by atoms with Gasteiger partial charge in [0.1, 0.15) is 48.8 Å². The van der Waals surface area contributed by atoms with Crippen LogP contribution in [0.25, 0.3) is 0 Å². The van der Waals surface area contributed by atoms with E-state index in [2.05, 4.69) is 129 Å². The average Bonchev–Trinajstić information content (AvgIpc) is 3.45. The van der Waals surface area contributed by atoms with Gasteiger partial charge in [0.15, 0.2) is 12.6 Å². The average molecular weight is 1080 g/mol. The molecule has 2 saturated heterocycles. The van der Waals surface area contributed by atoms with Crippen LogP contribution in [0.1, 0.15) is 174 Å². The number of rotatable bonds is 44. The van der Waals surface area contributed by atoms with E-state index in [9.17, 15) is 45.6 Å². The molecule has 14 nitrogen and oxygen atoms in total. The summed E-state index contributed by atoms with van der Waals surface area (Å²) in [4.78, 5) is 13.2. The highest BCUT2D eigenvalue weighted by Gasteiger charge is 2.51. The normalized spacial score (nSPS) is 25.6. The molecule has 0 aromatic rings. The van der Waals surface area contributed by atoms with Gasteiger partial charge in [0.25, 0.3) is 0 Å². The van der Waals surface area contributed by atoms with Crippen molar-refractivity contribution in [3.8, 4) is 0 Å². The minimum absolute atomic E-state index is 0.258. The first-order chi connectivity index (χ1) is 37.6. The van der Waals surface area contributed by atoms with Gasteiger partial charge in [-0.3, -0.25) is 4.79 Å². The van der Waals surface area contributed by atoms with E-state index in [0.717, 1.165) is 96.3 Å². The summed E-state index contributed by atoms with van der Waals surface area (Å²) in [6, 6.07) is -0.946. The lowest BCUT2D eigenvalue weighted by Crippen LogP contribution is -2.65. The summed E-state index contributed by atoms with van der Waals surface area (Å²) < 4.78 is 22.7. The Morgan fingerprint density at radius 3 is 1.38 bits per heavy atom. The Morgan fingerprint density at radius 2 is 0.870 bits per heavy atom. The molecule has 2 aliphatic heterocycles. The number of unbranched alkanes of at least 4 members (excludes halogenated alkanes) is 13. The molecule has 14 heteroatoms. The van der Waals surface area contributed by atoms with Crippen LogP contribution >= 0.6 is 0 Å². The number of aliphatic hydroxyl groups is 8. The van der Waals surface area contributed by atoms with E-state index in [0.29, 0.717) is 12.8 Å². The molecular weight excluding hydrogens is 979 g/mol. The molecule has 0 aromatic heterocycles. The van der Waals surface area contributed by atoms with Gasteiger partial charge < -0.3 is 65.1 Å². The number of allylic oxidation sites excluding steroid dienone is 19. The summed E-state index contributed by atoms with van der Waals surface area (Å²) in [5.41, 5.74) is 0. The molecule has 0 aromatic carbocycles. The lowest BCUT2D eigenvalue weighted by Gasteiger charge is -2.46. The SMILES string of the molecule is CC/C=C\C/C=C\C/C=C\C/C=C\C/C=C\C/C=C\C/C=C\CCCCCCCCCCCCCC(=O)NC(COC1OC(CO)C(OC2OC(CO)C(O)C(O)C2O)C(O)C1O)C(O)/C=C/CC/C=C/CC/C=C/CC. The number of ether oxygens (including phenoxy) is 4. The van der Waals surface area contributed by atoms with Crippen LogP contribution in [-0.2, 0) is 23.7 Å². The van der Waals surface area contributed by atoms with Crippen molar-refractivity contribution < 1.29 is 64.6 Å². The molecular formula is C63H103NO13. The Morgan fingerprint density at radius 1 is 0.468 bits per heavy atom. The van der Waals surface area contributed by atoms with Gasteiger partial charge in [-0.25, -0.2) is 0 Å². The number of aliphatic hydroxyl groups excluding tert-OH is 8. The fourth-order valence-corrected chi connectivity index (χ4v) is 8.72. The predicted molar refractivity (Wildman–Crippen MR) is 308 cm³/mol. The van der Waals surface area contributed by atoms with E-state index in [1.165, 1.54) is 44.9 Å². The Labute approximate surface area is 463 Å². The molecule has 0 radical (unpaired) electrons. The zero-order valence-corrected chi connectivity index (χ0v) is 46.9. The topological polar surface area (TPSA) is 228 Å². The molecule has 12 atom stereocenters. The van der Waals surface area contributed by atoms with Crippen molar-refractivity contribution in [2.24, 2.45) is 0 Å². The third-order valence-electron chi connectivity index (χ3n) is 13.4. The predicted octanol–water partition coefficient (Wildman–Crippen LogP) is 9.83. The van der Waals surface area contributed by atoms with Gasteiger partial charge in [0.2, 0.25) is 5.91 Å². The van der Waals surface area contributed by atoms with E-state index in [1.807, 2.05) is 6.08 Å². The second-order valence-electron chi connectivity index (χ2n) is 20.0. The van der Waals surface area contributed by atoms with Crippen molar-refractivity contribution in [1.82, 2.24) is 5.32 Å². The zero-order chi connectivity index (χ0) is 56.0. The van der Waals surface area contributed by atoms with Crippen molar-refractivity contribution in [2.75, 3.05) is 19.8 Å². The molecule has 9 N–H and O–H groups in total. The van der Waals surface area contributed by atoms with Gasteiger partial charge in [-0.2, -0.15) is 0 Å². The summed E-state index contributed by atoms with van der Waals surface area (Å²) in [7, 11) is 0. The number of amides is 1. The van der Waals surface area contributed by atoms with Crippen LogP contribution < -0.4 is 5.32 Å². The number of hydrogen-bond acceptors (Lipinski definition) is 13. The minimum Gasteiger partial charge on any atom is -0.394 e. The summed E-state index contributed by atoms with van der Waals surface area (Å²) in [5, 5.41) is 86.8. The monoisotopic (exact) mass is 1080 g/mol. The molecule has 2 heterocycles. The molecule has 0 saturated carbocycles. The van der Waals surface area contributed by atoms with E-state index in [4.69, 9.17) is 18.9 Å². The molecule has 12 unspecified atom stereocenters. The number of carbonyl (C=O) groups is 1. The maximum atomic E-state index is 13.2. The number of nitrogens with one attached hydrogen (secondary N) is 1. The smallest absolute Gasteiger partial charge is 0.220 e. The van der Waals surface area contributed by atoms with Gasteiger partial charge in [0, 0.05) is 6.42 Å². The van der Waals surface area contributed by atoms with E-state index < -0.39 is 86.8 Å². The summed E-state index contributed by atoms with van der Waals surface area (Å²) in [5.74, 6) is -0.266. The van der Waals surface area contributed by atoms with Gasteiger partial charge in [0.05, 0.1) is 32.0 Å². The molecule has 0 bridgehead atoms. The first kappa shape index (κ1) is 69.5. The van der Waals surface area contributed by atoms with Crippen molar-refractivity contribution in [3.05, 3.63) is 122 Å². The molecule has 438 valence electrons. The van der Waals surface area contributed by atoms with Crippen LogP contribution in [0.3, 0.4) is 0 Å². The molecule has 1 amide bonds. The molecule has 77 heavy (non-hydrogen) atoms. The fourth-order valence-electron chi connectivity index (χ4n) is 8.72. The Hall–Kier alpha value is -3.61. The van der Waals surface area contributed by atoms with Crippen LogP contribution in [-0.4, -0.2) is 140 Å². The highest BCUT2D eigenvalue weighted by Crippen LogP contribution is 2.30. The van der Waals surface area contributed by atoms with Crippen LogP contribution in [0.4, 0.5) is 0 Å². The van der Waals surface area contributed by atoms with Gasteiger partial charge in [-0.1, -0.05) is 193 Å². The summed E-state index contributed by atoms with van der Waals surface area (Å²) in [6.45, 7) is 2.49. The van der Waals surface area contributed by atoms with Gasteiger partial charge in [-0.15, -0.1) is 0 Å². The molecule has 2 rings (SSSR count). The summed E-state index contributed by atoms with van der Waals surface area (Å²) >= 11 is 0. The van der Waals surface area contributed by atoms with Crippen molar-refractivity contribution in [3.63, 3.8) is 0 Å². The van der Waals surface area contributed by atoms with Crippen LogP contribution in [0.5, 0.6) is 0 Å². The zero-order valence-electron chi connectivity index (χ0n) is 46.9. The first-order valence-electron chi connectivity index (χ1n) is 29.3. The van der Waals surface area contributed by atoms with Crippen molar-refractivity contribution >= 4 is 5.91 Å². The van der Waals surface area contributed by atoms with Crippen LogP contribution in [0.2, 0.25) is 0 Å². The molecule has 0 aliphatic carbocycles. The quantitative estimate of drug-likeness (QED) is 0.0205. The van der Waals surface area contributed by atoms with Crippen LogP contribution in [0.15, 0.2) is 122 Å². The van der Waals surface area contributed by atoms with E-state index in [-0.39, 0.29) is 18.9 Å². The molecule has 2 aliphatic rings. The van der Waals surface area contributed by atoms with Gasteiger partial charge >= 0.3 is 0 Å². The second-order valence-corrected chi connectivity index (χ2v) is 20.0. The Balaban J connectivity index is 1.66. The first-order valence-corrected chi connectivity index (χ1v) is 29.3. The number of carbonyl (C=O) groups excluding carboxylic acids is 1. The standard InChI is InChI=1S/C63H103NO13/c1-3-5-7-9-11-13-15-16-17-18-19-20-21-22-23-24-25-26-27-28-29-30-31-32-33-34-35-36-37-39-41-43-45-47-55(68)64-51(52(67)46-44-42-40-38-14-12-10-8-6-4-2)50-74-62-60(73)58(71)61(54(49-66)76-62)77-63-59(72)57(70)56(69)53(48-65)75-63/h5-8,11,13-14,16-17,19-20,22-23,25-26,28-29,38,44,46,51-54,56-63,65-67,69-73H,3-4,9-10,12,15,18,21,24,27,30-37,39-43,45,47-50H2,1-2H3,(H,64,68)/b7-5-,8-6+,13-11-,17-16-,20-19-,23-22-,26-25-,29-28-,38-14+,46-44+. The molecule has 0 spiro atoms. The highest BCUT2D eigenvalue weighted by atomic mass is 16.7. The Bertz CT molecular complexity index is 1750. The van der Waals surface area contributed by atoms with Crippen LogP contribution in [0, 0.1) is 0 Å². The largest absolute Gasteiger partial charge is 0.394 e.